The summed E-state index contributed by atoms with van der Waals surface area (Å²) in [6, 6.07) is 14.7. The van der Waals surface area contributed by atoms with Crippen LogP contribution in [0.4, 0.5) is 5.69 Å². The van der Waals surface area contributed by atoms with E-state index in [9.17, 15) is 9.59 Å². The van der Waals surface area contributed by atoms with Crippen LogP contribution in [0.15, 0.2) is 58.5 Å². The Kier molecular flexibility index (Phi) is 5.71. The molecule has 3 aromatic rings. The van der Waals surface area contributed by atoms with Gasteiger partial charge in [-0.1, -0.05) is 30.8 Å². The summed E-state index contributed by atoms with van der Waals surface area (Å²) in [7, 11) is 0. The summed E-state index contributed by atoms with van der Waals surface area (Å²) in [4.78, 5) is 26.5. The zero-order valence-electron chi connectivity index (χ0n) is 16.3. The van der Waals surface area contributed by atoms with Gasteiger partial charge < -0.3 is 15.2 Å². The van der Waals surface area contributed by atoms with Crippen molar-refractivity contribution in [3.8, 4) is 17.0 Å². The lowest BCUT2D eigenvalue weighted by Crippen LogP contribution is -2.55. The second kappa shape index (κ2) is 8.58. The largest absolute Gasteiger partial charge is 0.482 e. The Labute approximate surface area is 176 Å². The van der Waals surface area contributed by atoms with Crippen molar-refractivity contribution in [1.82, 2.24) is 10.1 Å². The zero-order chi connectivity index (χ0) is 21.1. The fraction of sp³-hybridized carbons (Fsp3) is 0.238. The molecule has 0 radical (unpaired) electrons. The van der Waals surface area contributed by atoms with Crippen molar-refractivity contribution < 1.29 is 19.3 Å². The second-order valence-corrected chi connectivity index (χ2v) is 7.83. The first-order valence-corrected chi connectivity index (χ1v) is 10.5. The van der Waals surface area contributed by atoms with Crippen molar-refractivity contribution in [3.05, 3.63) is 64.4 Å². The maximum Gasteiger partial charge on any atom is 0.341 e. The van der Waals surface area contributed by atoms with Crippen molar-refractivity contribution in [2.45, 2.75) is 24.7 Å². The molecule has 154 valence electrons. The van der Waals surface area contributed by atoms with Gasteiger partial charge in [-0.05, 0) is 47.5 Å². The van der Waals surface area contributed by atoms with Gasteiger partial charge in [0.15, 0.2) is 6.61 Å². The topological polar surface area (TPSA) is 108 Å². The van der Waals surface area contributed by atoms with Gasteiger partial charge in [0, 0.05) is 16.4 Å². The number of carboxylic acids is 1. The number of aromatic nitrogens is 3. The maximum absolute atomic E-state index is 13.0. The molecule has 2 heterocycles. The van der Waals surface area contributed by atoms with E-state index in [4.69, 9.17) is 14.9 Å². The third-order valence-corrected chi connectivity index (χ3v) is 5.65. The average Bonchev–Trinajstić information content (AvgIpc) is 2.76. The van der Waals surface area contributed by atoms with Gasteiger partial charge >= 0.3 is 17.2 Å². The summed E-state index contributed by atoms with van der Waals surface area (Å²) < 4.78 is 6.93. The highest BCUT2D eigenvalue weighted by atomic mass is 32.2. The molecule has 0 aliphatic carbocycles. The molecule has 0 saturated heterocycles. The fourth-order valence-electron chi connectivity index (χ4n) is 3.27. The Bertz CT molecular complexity index is 1130. The van der Waals surface area contributed by atoms with Gasteiger partial charge in [0.2, 0.25) is 5.16 Å². The first-order valence-electron chi connectivity index (χ1n) is 9.56. The van der Waals surface area contributed by atoms with E-state index in [0.29, 0.717) is 16.6 Å². The number of thioether (sulfide) groups is 1. The minimum atomic E-state index is -1.03. The monoisotopic (exact) mass is 425 g/mol. The van der Waals surface area contributed by atoms with Crippen molar-refractivity contribution in [3.63, 3.8) is 0 Å². The summed E-state index contributed by atoms with van der Waals surface area (Å²) in [6.07, 6.45) is 0.574. The molecule has 3 N–H and O–H groups in total. The van der Waals surface area contributed by atoms with Crippen molar-refractivity contribution in [1.29, 1.82) is 0 Å². The number of H-pyrrole nitrogens is 1. The van der Waals surface area contributed by atoms with E-state index in [-0.39, 0.29) is 5.56 Å². The number of carboxylic acid groups (broad SMARTS) is 1. The number of nitrogens with one attached hydrogen (secondary N) is 2. The Morgan fingerprint density at radius 2 is 2.00 bits per heavy atom. The first kappa shape index (κ1) is 20.0. The Morgan fingerprint density at radius 3 is 2.73 bits per heavy atom. The number of fused-ring (bicyclic) bond motifs is 3. The molecule has 9 heteroatoms. The minimum absolute atomic E-state index is 0.191. The normalized spacial score (nSPS) is 14.4. The second-order valence-electron chi connectivity index (χ2n) is 6.74. The molecule has 0 spiro atoms. The van der Waals surface area contributed by atoms with E-state index in [1.165, 1.54) is 11.8 Å². The van der Waals surface area contributed by atoms with E-state index >= 15 is 0 Å². The number of carbonyl (C=O) groups is 1. The number of aromatic amines is 1. The van der Waals surface area contributed by atoms with E-state index in [1.807, 2.05) is 36.4 Å². The average molecular weight is 425 g/mol. The molecule has 8 nitrogen and oxygen atoms in total. The predicted octanol–water partition coefficient (Wildman–Crippen LogP) is 2.66. The van der Waals surface area contributed by atoms with Crippen LogP contribution in [0, 0.1) is 0 Å². The van der Waals surface area contributed by atoms with Gasteiger partial charge in [0.25, 0.3) is 6.17 Å². The standard InChI is InChI=1S/C21H20N4O4S/c1-2-11-30-21-23-20(28)18-15-5-3-4-6-16(15)22-19(25(18)24-21)13-7-9-14(10-8-13)29-12-17(26)27/h3-10,19H,2,11-12H2,1H3,(H2,23,24,26,27,28)/p+1/t19-/m0/s1. The molecular formula is C21H21N4O4S+. The number of hydrogen-bond acceptors (Lipinski definition) is 6. The molecule has 1 aromatic heterocycles. The lowest BCUT2D eigenvalue weighted by molar-refractivity contribution is -0.759. The Balaban J connectivity index is 1.76. The van der Waals surface area contributed by atoms with Crippen molar-refractivity contribution >= 4 is 23.4 Å². The SMILES string of the molecule is CCCSc1n[n+]2c(c(=O)[nH]1)-c1ccccc1N[C@@H]2c1ccc(OCC(=O)O)cc1. The van der Waals surface area contributed by atoms with E-state index < -0.39 is 18.7 Å². The van der Waals surface area contributed by atoms with Crippen LogP contribution in [0.1, 0.15) is 25.1 Å². The van der Waals surface area contributed by atoms with Gasteiger partial charge in [-0.15, -0.1) is 0 Å². The van der Waals surface area contributed by atoms with Crippen LogP contribution in [0.3, 0.4) is 0 Å². The molecule has 0 saturated carbocycles. The summed E-state index contributed by atoms with van der Waals surface area (Å²) in [6.45, 7) is 1.67. The summed E-state index contributed by atoms with van der Waals surface area (Å²) in [5.41, 5.74) is 2.79. The van der Waals surface area contributed by atoms with Gasteiger partial charge in [-0.3, -0.25) is 9.78 Å². The quantitative estimate of drug-likeness (QED) is 0.394. The molecule has 0 fully saturated rings. The van der Waals surface area contributed by atoms with E-state index in [2.05, 4.69) is 17.2 Å². The van der Waals surface area contributed by atoms with Crippen LogP contribution in [-0.4, -0.2) is 33.5 Å². The van der Waals surface area contributed by atoms with Gasteiger partial charge in [0.05, 0.1) is 11.3 Å². The van der Waals surface area contributed by atoms with Crippen molar-refractivity contribution in [2.75, 3.05) is 17.7 Å². The molecule has 30 heavy (non-hydrogen) atoms. The highest BCUT2D eigenvalue weighted by molar-refractivity contribution is 7.99. The third kappa shape index (κ3) is 4.02. The highest BCUT2D eigenvalue weighted by Crippen LogP contribution is 2.32. The van der Waals surface area contributed by atoms with E-state index in [1.54, 1.807) is 16.8 Å². The molecule has 1 aliphatic heterocycles. The molecule has 0 bridgehead atoms. The highest BCUT2D eigenvalue weighted by Gasteiger charge is 2.37. The van der Waals surface area contributed by atoms with Crippen LogP contribution in [0.5, 0.6) is 5.75 Å². The van der Waals surface area contributed by atoms with Gasteiger partial charge in [-0.25, -0.2) is 4.79 Å². The molecule has 2 aromatic carbocycles. The van der Waals surface area contributed by atoms with Crippen LogP contribution < -0.4 is 20.3 Å². The molecule has 0 amide bonds. The number of anilines is 1. The van der Waals surface area contributed by atoms with Crippen molar-refractivity contribution in [2.24, 2.45) is 0 Å². The number of para-hydroxylation sites is 1. The van der Waals surface area contributed by atoms with Crippen LogP contribution in [0.25, 0.3) is 11.3 Å². The number of ether oxygens (including phenoxy) is 1. The van der Waals surface area contributed by atoms with Gasteiger partial charge in [-0.2, -0.15) is 0 Å². The Hall–Kier alpha value is -3.33. The first-order chi connectivity index (χ1) is 14.6. The third-order valence-electron chi connectivity index (χ3n) is 4.58. The summed E-state index contributed by atoms with van der Waals surface area (Å²) in [5.74, 6) is 0.280. The number of benzene rings is 2. The van der Waals surface area contributed by atoms with Gasteiger partial charge in [0.1, 0.15) is 5.75 Å². The number of hydrogen-bond donors (Lipinski definition) is 3. The fourth-order valence-corrected chi connectivity index (χ4v) is 3.98. The lowest BCUT2D eigenvalue weighted by atomic mass is 10.0. The number of aliphatic carboxylic acids is 1. The Morgan fingerprint density at radius 1 is 1.23 bits per heavy atom. The molecule has 4 rings (SSSR count). The van der Waals surface area contributed by atoms with Crippen LogP contribution >= 0.6 is 11.8 Å². The maximum atomic E-state index is 13.0. The predicted molar refractivity (Wildman–Crippen MR) is 113 cm³/mol. The van der Waals surface area contributed by atoms with Crippen LogP contribution in [0.2, 0.25) is 0 Å². The molecule has 0 unspecified atom stereocenters. The van der Waals surface area contributed by atoms with E-state index in [0.717, 1.165) is 29.0 Å². The van der Waals surface area contributed by atoms with Crippen LogP contribution in [-0.2, 0) is 4.79 Å². The summed E-state index contributed by atoms with van der Waals surface area (Å²) >= 11 is 1.51. The molecular weight excluding hydrogens is 404 g/mol. The molecule has 1 atom stereocenters. The smallest absolute Gasteiger partial charge is 0.341 e. The zero-order valence-corrected chi connectivity index (χ0v) is 17.1. The summed E-state index contributed by atoms with van der Waals surface area (Å²) in [5, 5.41) is 17.5. The number of nitrogens with zero attached hydrogens (tertiary/aromatic N) is 2. The number of rotatable bonds is 7. The minimum Gasteiger partial charge on any atom is -0.482 e. The molecule has 1 aliphatic rings. The lowest BCUT2D eigenvalue weighted by Gasteiger charge is -2.22.